The van der Waals surface area contributed by atoms with Gasteiger partial charge in [-0.1, -0.05) is 270 Å². The van der Waals surface area contributed by atoms with E-state index in [1.165, 1.54) is 61.2 Å². The maximum Gasteiger partial charge on any atom is 0.0347 e. The number of aryl methyl sites for hydroxylation is 2. The van der Waals surface area contributed by atoms with Gasteiger partial charge in [-0.2, -0.15) is 0 Å². The molecule has 0 aliphatic rings. The third-order valence-electron chi connectivity index (χ3n) is 12.3. The average Bonchev–Trinajstić information content (AvgIpc) is 3.37. The summed E-state index contributed by atoms with van der Waals surface area (Å²) in [6, 6.07) is 66.2. The predicted octanol–water partition coefficient (Wildman–Crippen LogP) is 20.9. The molecule has 0 spiro atoms. The van der Waals surface area contributed by atoms with Gasteiger partial charge in [0.15, 0.2) is 0 Å². The smallest absolute Gasteiger partial charge is 0.0347 e. The molecule has 0 bridgehead atoms. The van der Waals surface area contributed by atoms with Crippen molar-refractivity contribution in [1.82, 2.24) is 0 Å². The lowest BCUT2D eigenvalue weighted by atomic mass is 9.81. The van der Waals surface area contributed by atoms with Crippen LogP contribution in [0.2, 0.25) is 0 Å². The highest BCUT2D eigenvalue weighted by Crippen LogP contribution is 2.32. The van der Waals surface area contributed by atoms with E-state index in [4.69, 9.17) is 8.22 Å². The molecule has 8 rings (SSSR count). The van der Waals surface area contributed by atoms with Crippen LogP contribution in [0.4, 0.5) is 0 Å². The van der Waals surface area contributed by atoms with Gasteiger partial charge in [-0.15, -0.1) is 0 Å². The van der Waals surface area contributed by atoms with E-state index in [1.807, 2.05) is 99.6 Å². The van der Waals surface area contributed by atoms with E-state index in [2.05, 4.69) is 187 Å². The lowest BCUT2D eigenvalue weighted by Gasteiger charge is -2.24. The topological polar surface area (TPSA) is 0 Å². The van der Waals surface area contributed by atoms with Crippen molar-refractivity contribution in [2.75, 3.05) is 0 Å². The van der Waals surface area contributed by atoms with E-state index in [-0.39, 0.29) is 17.3 Å². The molecule has 0 saturated heterocycles. The Morgan fingerprint density at radius 3 is 1.10 bits per heavy atom. The first kappa shape index (κ1) is 48.4. The number of hydrogen-bond acceptors (Lipinski definition) is 0. The van der Waals surface area contributed by atoms with Gasteiger partial charge in [0.05, 0.1) is 0 Å². The summed E-state index contributed by atoms with van der Waals surface area (Å²) in [5.41, 5.74) is 18.6. The molecule has 8 aromatic carbocycles. The van der Waals surface area contributed by atoms with Crippen LogP contribution in [0.3, 0.4) is 0 Å². The Morgan fingerprint density at radius 2 is 0.704 bits per heavy atom. The van der Waals surface area contributed by atoms with Crippen LogP contribution < -0.4 is 0 Å². The monoisotopic (exact) mass is 947 g/mol. The molecule has 0 aliphatic carbocycles. The predicted molar refractivity (Wildman–Crippen MR) is 316 cm³/mol. The molecule has 0 heterocycles. The average molecular weight is 948 g/mol. The van der Waals surface area contributed by atoms with Crippen molar-refractivity contribution in [1.29, 1.82) is 0 Å². The van der Waals surface area contributed by atoms with Crippen molar-refractivity contribution in [3.63, 3.8) is 0 Å². The van der Waals surface area contributed by atoms with Gasteiger partial charge in [0, 0.05) is 8.22 Å². The lowest BCUT2D eigenvalue weighted by Crippen LogP contribution is -2.14. The molecule has 0 aliphatic heterocycles. The maximum absolute atomic E-state index is 8.22. The molecule has 0 atom stereocenters. The van der Waals surface area contributed by atoms with Crippen molar-refractivity contribution < 1.29 is 8.22 Å². The minimum atomic E-state index is -1.44. The zero-order chi connectivity index (χ0) is 57.5. The van der Waals surface area contributed by atoms with Crippen LogP contribution in [0, 0.1) is 46.5 Å². The molecule has 0 heteroatoms. The molecule has 372 valence electrons. The Bertz CT molecular complexity index is 2930. The summed E-state index contributed by atoms with van der Waals surface area (Å²) in [4.78, 5) is 0. The van der Waals surface area contributed by atoms with E-state index < -0.39 is 24.5 Å². The largest absolute Gasteiger partial charge is 0.0625 e. The Morgan fingerprint density at radius 1 is 0.352 bits per heavy atom. The van der Waals surface area contributed by atoms with E-state index >= 15 is 0 Å². The third kappa shape index (κ3) is 18.1. The SMILES string of the molecule is Cc1c(-c2ccccc2)cccc1-c1ccccc1.Cc1ccccc1-c1ccccc1.[2H]C(C)(C)c1cccc(C(C)(C)C)c1C.[2H]C(C)(C)c1ccccc1C.[2H]C([2H])(c1cccc(C([2H])([2H])C(C)C)c1C)C(C)C. The third-order valence-corrected chi connectivity index (χ3v) is 12.3. The second kappa shape index (κ2) is 28.6. The lowest BCUT2D eigenvalue weighted by molar-refractivity contribution is 0.584. The highest BCUT2D eigenvalue weighted by Gasteiger charge is 2.18. The highest BCUT2D eigenvalue weighted by molar-refractivity contribution is 5.78. The summed E-state index contributed by atoms with van der Waals surface area (Å²) in [6.07, 6.45) is -2.87. The number of benzene rings is 8. The first-order valence-corrected chi connectivity index (χ1v) is 25.5. The fraction of sp³-hybridized carbons (Fsp3) is 0.324. The molecular formula is C71H88. The second-order valence-electron chi connectivity index (χ2n) is 20.5. The maximum atomic E-state index is 8.22. The molecule has 71 heavy (non-hydrogen) atoms. The van der Waals surface area contributed by atoms with Crippen LogP contribution in [0.25, 0.3) is 33.4 Å². The van der Waals surface area contributed by atoms with Gasteiger partial charge in [0.25, 0.3) is 0 Å². The van der Waals surface area contributed by atoms with Crippen molar-refractivity contribution in [3.8, 4) is 33.4 Å². The van der Waals surface area contributed by atoms with Gasteiger partial charge in [-0.25, -0.2) is 0 Å². The van der Waals surface area contributed by atoms with E-state index in [1.54, 1.807) is 18.2 Å². The van der Waals surface area contributed by atoms with Crippen LogP contribution in [-0.2, 0) is 18.2 Å². The molecule has 0 fully saturated rings. The second-order valence-corrected chi connectivity index (χ2v) is 20.5. The first-order chi connectivity index (χ1) is 35.9. The Kier molecular flexibility index (Phi) is 19.5. The van der Waals surface area contributed by atoms with Gasteiger partial charge in [-0.05, 0) is 165 Å². The van der Waals surface area contributed by atoms with Gasteiger partial charge < -0.3 is 0 Å². The molecule has 0 saturated carbocycles. The van der Waals surface area contributed by atoms with Crippen LogP contribution in [0.15, 0.2) is 194 Å². The van der Waals surface area contributed by atoms with Gasteiger partial charge in [0.2, 0.25) is 0 Å². The molecule has 0 unspecified atom stereocenters. The molecule has 0 aromatic heterocycles. The summed E-state index contributed by atoms with van der Waals surface area (Å²) in [5, 5.41) is 0. The summed E-state index contributed by atoms with van der Waals surface area (Å²) < 4.78 is 48.8. The summed E-state index contributed by atoms with van der Waals surface area (Å²) >= 11 is 0. The summed E-state index contributed by atoms with van der Waals surface area (Å²) in [7, 11) is 0. The quantitative estimate of drug-likeness (QED) is 0.135. The van der Waals surface area contributed by atoms with E-state index in [9.17, 15) is 0 Å². The normalized spacial score (nSPS) is 12.8. The van der Waals surface area contributed by atoms with Crippen molar-refractivity contribution in [2.24, 2.45) is 11.8 Å². The molecule has 0 radical (unpaired) electrons. The molecule has 0 nitrogen and oxygen atoms in total. The van der Waals surface area contributed by atoms with Crippen LogP contribution >= 0.6 is 0 Å². The zero-order valence-corrected chi connectivity index (χ0v) is 46.1. The number of hydrogen-bond donors (Lipinski definition) is 0. The van der Waals surface area contributed by atoms with E-state index in [0.29, 0.717) is 11.1 Å². The van der Waals surface area contributed by atoms with Crippen LogP contribution in [0.1, 0.15) is 152 Å². The summed E-state index contributed by atoms with van der Waals surface area (Å²) in [5.74, 6) is -1.27. The zero-order valence-electron chi connectivity index (χ0n) is 52.1. The van der Waals surface area contributed by atoms with Crippen molar-refractivity contribution in [2.45, 2.75) is 141 Å². The fourth-order valence-electron chi connectivity index (χ4n) is 8.71. The minimum Gasteiger partial charge on any atom is -0.0625 e. The standard InChI is InChI=1S/C19H16.C15H24.C14H22.C13H12.C10H14/c1-15-18(16-9-4-2-5-10-16)13-8-14-19(15)17-11-6-3-7-12-17;1-11(2)9-14-7-6-8-15(13(14)5)10-12(3)4;1-10(2)12-8-7-9-13(11(12)3)14(4,5)6;1-11-7-5-6-10-13(11)12-8-3-2-4-9-12;1-8(2)10-7-5-4-6-9(10)3/h2-14H,1H3;6-8,11-12H,9-10H2,1-5H3;7-10H,1-6H3;2-10H,1H3;4-8H,1-3H3/i;9D2,10D2;10D;;8D. The Hall–Kier alpha value is -6.24. The van der Waals surface area contributed by atoms with Crippen LogP contribution in [-0.4, -0.2) is 0 Å². The van der Waals surface area contributed by atoms with Gasteiger partial charge >= 0.3 is 0 Å². The van der Waals surface area contributed by atoms with Gasteiger partial charge in [0.1, 0.15) is 0 Å². The molecule has 8 aromatic rings. The summed E-state index contributed by atoms with van der Waals surface area (Å²) in [6.45, 7) is 32.1. The molecule has 0 N–H and O–H groups in total. The van der Waals surface area contributed by atoms with E-state index in [0.717, 1.165) is 16.7 Å². The van der Waals surface area contributed by atoms with Crippen molar-refractivity contribution >= 4 is 0 Å². The molecule has 0 amide bonds. The Balaban J connectivity index is 0.000000211. The number of rotatable bonds is 9. The van der Waals surface area contributed by atoms with Gasteiger partial charge in [-0.3, -0.25) is 0 Å². The Labute approximate surface area is 442 Å². The molecular weight excluding hydrogens is 853 g/mol. The minimum absolute atomic E-state index is 0.147. The first-order valence-electron chi connectivity index (χ1n) is 28.5. The van der Waals surface area contributed by atoms with Crippen molar-refractivity contribution in [3.05, 3.63) is 250 Å². The highest BCUT2D eigenvalue weighted by atomic mass is 14.2. The fourth-order valence-corrected chi connectivity index (χ4v) is 8.71. The van der Waals surface area contributed by atoms with Crippen LogP contribution in [0.5, 0.6) is 0 Å².